The van der Waals surface area contributed by atoms with Gasteiger partial charge < -0.3 is 10.2 Å². The maximum Gasteiger partial charge on any atom is 0.194 e. The maximum atomic E-state index is 5.97. The van der Waals surface area contributed by atoms with E-state index in [0.717, 1.165) is 29.6 Å². The second kappa shape index (κ2) is 10.1. The van der Waals surface area contributed by atoms with Gasteiger partial charge in [0, 0.05) is 25.2 Å². The Morgan fingerprint density at radius 1 is 1.53 bits per heavy atom. The highest BCUT2D eigenvalue weighted by molar-refractivity contribution is 14.0. The third kappa shape index (κ3) is 6.82. The fourth-order valence-electron chi connectivity index (χ4n) is 1.60. The zero-order chi connectivity index (χ0) is 13.4. The number of rotatable bonds is 5. The van der Waals surface area contributed by atoms with Crippen molar-refractivity contribution in [3.05, 3.63) is 47.5 Å². The lowest BCUT2D eigenvalue weighted by Crippen LogP contribution is -2.38. The molecule has 1 N–H and O–H groups in total. The Labute approximate surface area is 137 Å². The van der Waals surface area contributed by atoms with Crippen molar-refractivity contribution in [2.45, 2.75) is 13.5 Å². The van der Waals surface area contributed by atoms with E-state index in [9.17, 15) is 0 Å². The van der Waals surface area contributed by atoms with Crippen molar-refractivity contribution in [2.24, 2.45) is 4.99 Å². The second-order valence-electron chi connectivity index (χ2n) is 3.97. The molecule has 0 saturated carbocycles. The summed E-state index contributed by atoms with van der Waals surface area (Å²) in [6, 6.07) is 7.86. The molecule has 0 aliphatic carbocycles. The summed E-state index contributed by atoms with van der Waals surface area (Å²) in [5.41, 5.74) is 1.16. The van der Waals surface area contributed by atoms with Gasteiger partial charge in [-0.1, -0.05) is 29.8 Å². The molecule has 0 aromatic heterocycles. The molecule has 0 spiro atoms. The molecular weight excluding hydrogens is 373 g/mol. The van der Waals surface area contributed by atoms with E-state index in [0.29, 0.717) is 6.54 Å². The lowest BCUT2D eigenvalue weighted by atomic mass is 10.2. The Morgan fingerprint density at radius 3 is 2.84 bits per heavy atom. The molecule has 19 heavy (non-hydrogen) atoms. The van der Waals surface area contributed by atoms with Crippen molar-refractivity contribution < 1.29 is 0 Å². The summed E-state index contributed by atoms with van der Waals surface area (Å²) in [5.74, 6) is 0.873. The Balaban J connectivity index is 0.00000324. The van der Waals surface area contributed by atoms with E-state index in [4.69, 9.17) is 11.6 Å². The Morgan fingerprint density at radius 2 is 2.26 bits per heavy atom. The normalized spacial score (nSPS) is 10.6. The van der Waals surface area contributed by atoms with Gasteiger partial charge >= 0.3 is 0 Å². The van der Waals surface area contributed by atoms with Crippen LogP contribution in [0.4, 0.5) is 0 Å². The van der Waals surface area contributed by atoms with Crippen LogP contribution in [-0.4, -0.2) is 31.0 Å². The number of aliphatic imine (C=N–C) groups is 1. The van der Waals surface area contributed by atoms with Crippen LogP contribution in [0.2, 0.25) is 5.02 Å². The van der Waals surface area contributed by atoms with Crippen LogP contribution in [0.1, 0.15) is 12.5 Å². The smallest absolute Gasteiger partial charge is 0.194 e. The molecule has 0 saturated heterocycles. The van der Waals surface area contributed by atoms with Crippen molar-refractivity contribution in [2.75, 3.05) is 20.1 Å². The lowest BCUT2D eigenvalue weighted by molar-refractivity contribution is 0.478. The second-order valence-corrected chi connectivity index (χ2v) is 4.41. The zero-order valence-corrected chi connectivity index (χ0v) is 14.5. The zero-order valence-electron chi connectivity index (χ0n) is 11.4. The number of benzene rings is 1. The minimum Gasteiger partial charge on any atom is -0.357 e. The van der Waals surface area contributed by atoms with E-state index in [1.807, 2.05) is 25.2 Å². The molecule has 0 radical (unpaired) electrons. The highest BCUT2D eigenvalue weighted by Crippen LogP contribution is 2.12. The SMILES string of the molecule is C=CCN=C(NCC)N(C)Cc1cccc(Cl)c1.I. The average molecular weight is 394 g/mol. The van der Waals surface area contributed by atoms with Crippen LogP contribution in [0.15, 0.2) is 41.9 Å². The molecule has 1 rings (SSSR count). The highest BCUT2D eigenvalue weighted by atomic mass is 127. The molecule has 0 fully saturated rings. The first kappa shape index (κ1) is 18.2. The van der Waals surface area contributed by atoms with Crippen molar-refractivity contribution >= 4 is 41.5 Å². The summed E-state index contributed by atoms with van der Waals surface area (Å²) < 4.78 is 0. The Kier molecular flexibility index (Phi) is 9.69. The van der Waals surface area contributed by atoms with Crippen molar-refractivity contribution in [3.63, 3.8) is 0 Å². The Hall–Kier alpha value is -0.750. The van der Waals surface area contributed by atoms with Gasteiger partial charge in [-0.25, -0.2) is 4.99 Å². The Bertz CT molecular complexity index is 421. The first-order valence-electron chi connectivity index (χ1n) is 6.02. The minimum atomic E-state index is 0. The molecule has 0 aliphatic heterocycles. The van der Waals surface area contributed by atoms with Gasteiger partial charge in [0.25, 0.3) is 0 Å². The largest absolute Gasteiger partial charge is 0.357 e. The van der Waals surface area contributed by atoms with Gasteiger partial charge in [0.05, 0.1) is 6.54 Å². The highest BCUT2D eigenvalue weighted by Gasteiger charge is 2.05. The summed E-state index contributed by atoms with van der Waals surface area (Å²) in [6.07, 6.45) is 1.78. The standard InChI is InChI=1S/C14H20ClN3.HI/c1-4-9-17-14(16-5-2)18(3)11-12-7-6-8-13(15)10-12;/h4,6-8,10H,1,5,9,11H2,2-3H3,(H,16,17);1H. The molecule has 3 nitrogen and oxygen atoms in total. The number of nitrogens with zero attached hydrogens (tertiary/aromatic N) is 2. The van der Waals surface area contributed by atoms with E-state index in [1.165, 1.54) is 0 Å². The summed E-state index contributed by atoms with van der Waals surface area (Å²) in [7, 11) is 2.01. The van der Waals surface area contributed by atoms with Crippen LogP contribution in [0.5, 0.6) is 0 Å². The fourth-order valence-corrected chi connectivity index (χ4v) is 1.82. The summed E-state index contributed by atoms with van der Waals surface area (Å²) in [6.45, 7) is 7.95. The van der Waals surface area contributed by atoms with Gasteiger partial charge in [0.15, 0.2) is 5.96 Å². The first-order valence-corrected chi connectivity index (χ1v) is 6.40. The van der Waals surface area contributed by atoms with Gasteiger partial charge in [-0.2, -0.15) is 0 Å². The van der Waals surface area contributed by atoms with Crippen molar-refractivity contribution in [1.29, 1.82) is 0 Å². The van der Waals surface area contributed by atoms with E-state index in [2.05, 4.69) is 34.8 Å². The minimum absolute atomic E-state index is 0. The molecular formula is C14H21ClIN3. The third-order valence-corrected chi connectivity index (χ3v) is 2.61. The van der Waals surface area contributed by atoms with Crippen LogP contribution in [0.3, 0.4) is 0 Å². The van der Waals surface area contributed by atoms with Gasteiger partial charge in [0.1, 0.15) is 0 Å². The number of nitrogens with one attached hydrogen (secondary N) is 1. The lowest BCUT2D eigenvalue weighted by Gasteiger charge is -2.22. The number of halogens is 2. The van der Waals surface area contributed by atoms with Crippen LogP contribution in [0.25, 0.3) is 0 Å². The molecule has 1 aromatic carbocycles. The molecule has 1 aromatic rings. The molecule has 0 aliphatic rings. The van der Waals surface area contributed by atoms with Gasteiger partial charge in [-0.15, -0.1) is 30.6 Å². The van der Waals surface area contributed by atoms with Crippen LogP contribution >= 0.6 is 35.6 Å². The molecule has 106 valence electrons. The predicted octanol–water partition coefficient (Wildman–Crippen LogP) is 3.54. The molecule has 0 bridgehead atoms. The fraction of sp³-hybridized carbons (Fsp3) is 0.357. The van der Waals surface area contributed by atoms with E-state index < -0.39 is 0 Å². The van der Waals surface area contributed by atoms with E-state index in [-0.39, 0.29) is 24.0 Å². The average Bonchev–Trinajstić information content (AvgIpc) is 2.34. The van der Waals surface area contributed by atoms with Gasteiger partial charge in [0.2, 0.25) is 0 Å². The third-order valence-electron chi connectivity index (χ3n) is 2.38. The number of guanidine groups is 1. The van der Waals surface area contributed by atoms with E-state index in [1.54, 1.807) is 6.08 Å². The summed E-state index contributed by atoms with van der Waals surface area (Å²) in [5, 5.41) is 4.01. The first-order chi connectivity index (χ1) is 8.67. The van der Waals surface area contributed by atoms with Crippen molar-refractivity contribution in [1.82, 2.24) is 10.2 Å². The predicted molar refractivity (Wildman–Crippen MR) is 94.5 cm³/mol. The van der Waals surface area contributed by atoms with Crippen LogP contribution in [-0.2, 0) is 6.54 Å². The van der Waals surface area contributed by atoms with Crippen LogP contribution < -0.4 is 5.32 Å². The molecule has 0 atom stereocenters. The number of hydrogen-bond donors (Lipinski definition) is 1. The quantitative estimate of drug-likeness (QED) is 0.359. The number of hydrogen-bond acceptors (Lipinski definition) is 1. The van der Waals surface area contributed by atoms with E-state index >= 15 is 0 Å². The molecule has 0 unspecified atom stereocenters. The van der Waals surface area contributed by atoms with Gasteiger partial charge in [-0.05, 0) is 24.6 Å². The van der Waals surface area contributed by atoms with Crippen LogP contribution in [0, 0.1) is 0 Å². The monoisotopic (exact) mass is 393 g/mol. The van der Waals surface area contributed by atoms with Crippen molar-refractivity contribution in [3.8, 4) is 0 Å². The molecule has 5 heteroatoms. The molecule has 0 heterocycles. The maximum absolute atomic E-state index is 5.97. The summed E-state index contributed by atoms with van der Waals surface area (Å²) in [4.78, 5) is 6.50. The van der Waals surface area contributed by atoms with Gasteiger partial charge in [-0.3, -0.25) is 0 Å². The molecule has 0 amide bonds. The summed E-state index contributed by atoms with van der Waals surface area (Å²) >= 11 is 5.97. The topological polar surface area (TPSA) is 27.6 Å².